The lowest BCUT2D eigenvalue weighted by molar-refractivity contribution is -0.0966. The fourth-order valence-electron chi connectivity index (χ4n) is 2.67. The summed E-state index contributed by atoms with van der Waals surface area (Å²) in [6.45, 7) is 0. The van der Waals surface area contributed by atoms with Crippen molar-refractivity contribution >= 4 is 11.6 Å². The van der Waals surface area contributed by atoms with Gasteiger partial charge < -0.3 is 10.1 Å². The molecule has 4 heteroatoms. The van der Waals surface area contributed by atoms with E-state index < -0.39 is 0 Å². The monoisotopic (exact) mass is 271 g/mol. The molecule has 1 unspecified atom stereocenters. The van der Waals surface area contributed by atoms with E-state index in [1.54, 1.807) is 19.2 Å². The van der Waals surface area contributed by atoms with Crippen LogP contribution in [0.15, 0.2) is 18.2 Å². The van der Waals surface area contributed by atoms with Gasteiger partial charge >= 0.3 is 0 Å². The molecule has 0 spiro atoms. The summed E-state index contributed by atoms with van der Waals surface area (Å²) >= 11 is 5.81. The van der Waals surface area contributed by atoms with Gasteiger partial charge in [0.1, 0.15) is 5.82 Å². The molecular weight excluding hydrogens is 253 g/mol. The molecule has 2 rings (SSSR count). The fourth-order valence-corrected chi connectivity index (χ4v) is 2.88. The summed E-state index contributed by atoms with van der Waals surface area (Å²) in [6, 6.07) is 5.14. The number of hydrogen-bond donors (Lipinski definition) is 1. The third-order valence-corrected chi connectivity index (χ3v) is 4.30. The van der Waals surface area contributed by atoms with Gasteiger partial charge in [0.25, 0.3) is 0 Å². The first-order valence-corrected chi connectivity index (χ1v) is 6.65. The van der Waals surface area contributed by atoms with Gasteiger partial charge in [-0.05, 0) is 50.4 Å². The summed E-state index contributed by atoms with van der Waals surface area (Å²) in [5.74, 6) is -0.369. The molecule has 1 aromatic rings. The Labute approximate surface area is 112 Å². The lowest BCUT2D eigenvalue weighted by Crippen LogP contribution is -2.56. The topological polar surface area (TPSA) is 21.3 Å². The number of ether oxygens (including phenoxy) is 1. The minimum atomic E-state index is -0.369. The molecule has 1 N–H and O–H groups in total. The molecule has 18 heavy (non-hydrogen) atoms. The van der Waals surface area contributed by atoms with Crippen molar-refractivity contribution in [2.45, 2.75) is 37.3 Å². The van der Waals surface area contributed by atoms with Crippen molar-refractivity contribution in [3.8, 4) is 0 Å². The third-order valence-electron chi connectivity index (χ3n) is 4.01. The van der Waals surface area contributed by atoms with E-state index in [1.165, 1.54) is 12.5 Å². The number of likely N-dealkylation sites (N-methyl/N-ethyl adjacent to an activating group) is 1. The van der Waals surface area contributed by atoms with Gasteiger partial charge in [0.2, 0.25) is 0 Å². The Morgan fingerprint density at radius 3 is 2.67 bits per heavy atom. The molecule has 0 aromatic heterocycles. The Hall–Kier alpha value is -0.640. The van der Waals surface area contributed by atoms with Gasteiger partial charge in [0.05, 0.1) is 10.6 Å². The quantitative estimate of drug-likeness (QED) is 0.888. The maximum absolute atomic E-state index is 13.1. The first-order chi connectivity index (χ1) is 8.61. The van der Waals surface area contributed by atoms with E-state index in [1.807, 2.05) is 7.05 Å². The molecule has 100 valence electrons. The molecule has 0 radical (unpaired) electrons. The van der Waals surface area contributed by atoms with Crippen LogP contribution in [0.2, 0.25) is 5.02 Å². The normalized spacial score (nSPS) is 19.3. The zero-order valence-corrected chi connectivity index (χ0v) is 11.6. The first kappa shape index (κ1) is 13.8. The average molecular weight is 272 g/mol. The molecule has 0 saturated heterocycles. The lowest BCUT2D eigenvalue weighted by Gasteiger charge is -2.46. The standard InChI is InChI=1S/C14H19ClFNO/c1-17-13(14(18-2)6-3-7-14)9-10-4-5-12(16)11(15)8-10/h4-5,8,13,17H,3,6-7,9H2,1-2H3. The van der Waals surface area contributed by atoms with Gasteiger partial charge in [-0.15, -0.1) is 0 Å². The van der Waals surface area contributed by atoms with Crippen LogP contribution in [0.4, 0.5) is 4.39 Å². The number of methoxy groups -OCH3 is 1. The van der Waals surface area contributed by atoms with E-state index in [9.17, 15) is 4.39 Å². The zero-order valence-electron chi connectivity index (χ0n) is 10.8. The van der Waals surface area contributed by atoms with Crippen LogP contribution in [0.25, 0.3) is 0 Å². The maximum atomic E-state index is 13.1. The second-order valence-corrected chi connectivity index (χ2v) is 5.32. The molecule has 1 fully saturated rings. The van der Waals surface area contributed by atoms with Crippen molar-refractivity contribution in [2.75, 3.05) is 14.2 Å². The number of hydrogen-bond acceptors (Lipinski definition) is 2. The van der Waals surface area contributed by atoms with Gasteiger partial charge in [-0.1, -0.05) is 17.7 Å². The molecule has 1 atom stereocenters. The van der Waals surface area contributed by atoms with Gasteiger partial charge in [-0.2, -0.15) is 0 Å². The highest BCUT2D eigenvalue weighted by atomic mass is 35.5. The Morgan fingerprint density at radius 1 is 1.50 bits per heavy atom. The second-order valence-electron chi connectivity index (χ2n) is 4.92. The molecule has 1 saturated carbocycles. The number of nitrogens with one attached hydrogen (secondary N) is 1. The van der Waals surface area contributed by atoms with Crippen molar-refractivity contribution in [2.24, 2.45) is 0 Å². The summed E-state index contributed by atoms with van der Waals surface area (Å²) in [6.07, 6.45) is 4.15. The van der Waals surface area contributed by atoms with E-state index in [-0.39, 0.29) is 22.5 Å². The van der Waals surface area contributed by atoms with Gasteiger partial charge in [-0.25, -0.2) is 4.39 Å². The van der Waals surface area contributed by atoms with Crippen molar-refractivity contribution in [1.29, 1.82) is 0 Å². The highest BCUT2D eigenvalue weighted by Gasteiger charge is 2.43. The number of halogens is 2. The summed E-state index contributed by atoms with van der Waals surface area (Å²) in [5.41, 5.74) is 0.958. The lowest BCUT2D eigenvalue weighted by atomic mass is 9.72. The minimum Gasteiger partial charge on any atom is -0.377 e. The zero-order chi connectivity index (χ0) is 13.2. The maximum Gasteiger partial charge on any atom is 0.141 e. The summed E-state index contributed by atoms with van der Waals surface area (Å²) < 4.78 is 18.8. The second kappa shape index (κ2) is 5.55. The van der Waals surface area contributed by atoms with Crippen molar-refractivity contribution < 1.29 is 9.13 Å². The molecule has 2 nitrogen and oxygen atoms in total. The van der Waals surface area contributed by atoms with Gasteiger partial charge in [0.15, 0.2) is 0 Å². The third kappa shape index (κ3) is 2.53. The molecule has 0 heterocycles. The van der Waals surface area contributed by atoms with Crippen molar-refractivity contribution in [3.05, 3.63) is 34.6 Å². The SMILES string of the molecule is CNC(Cc1ccc(F)c(Cl)c1)C1(OC)CCC1. The summed E-state index contributed by atoms with van der Waals surface area (Å²) in [4.78, 5) is 0. The van der Waals surface area contributed by atoms with Crippen LogP contribution in [0.5, 0.6) is 0 Å². The number of rotatable bonds is 5. The van der Waals surface area contributed by atoms with E-state index in [0.29, 0.717) is 0 Å². The molecule has 1 aliphatic rings. The largest absolute Gasteiger partial charge is 0.377 e. The van der Waals surface area contributed by atoms with E-state index in [2.05, 4.69) is 5.32 Å². The van der Waals surface area contributed by atoms with Crippen LogP contribution in [-0.4, -0.2) is 25.8 Å². The van der Waals surface area contributed by atoms with Crippen LogP contribution in [0, 0.1) is 5.82 Å². The minimum absolute atomic E-state index is 0.0738. The van der Waals surface area contributed by atoms with Gasteiger partial charge in [0, 0.05) is 13.2 Å². The summed E-state index contributed by atoms with van der Waals surface area (Å²) in [7, 11) is 3.70. The average Bonchev–Trinajstić information content (AvgIpc) is 2.31. The van der Waals surface area contributed by atoms with Crippen LogP contribution >= 0.6 is 11.6 Å². The molecule has 1 aromatic carbocycles. The van der Waals surface area contributed by atoms with Gasteiger partial charge in [-0.3, -0.25) is 0 Å². The fraction of sp³-hybridized carbons (Fsp3) is 0.571. The van der Waals surface area contributed by atoms with Crippen LogP contribution in [0.3, 0.4) is 0 Å². The Kier molecular flexibility index (Phi) is 4.25. The molecule has 0 bridgehead atoms. The Bertz CT molecular complexity index is 415. The van der Waals surface area contributed by atoms with Crippen molar-refractivity contribution in [3.63, 3.8) is 0 Å². The predicted octanol–water partition coefficient (Wildman–Crippen LogP) is 3.18. The van der Waals surface area contributed by atoms with Crippen molar-refractivity contribution in [1.82, 2.24) is 5.32 Å². The summed E-state index contributed by atoms with van der Waals surface area (Å²) in [5, 5.41) is 3.50. The molecular formula is C14H19ClFNO. The van der Waals surface area contributed by atoms with Crippen LogP contribution < -0.4 is 5.32 Å². The van der Waals surface area contributed by atoms with E-state index in [4.69, 9.17) is 16.3 Å². The Balaban J connectivity index is 2.12. The molecule has 0 amide bonds. The molecule has 1 aliphatic carbocycles. The highest BCUT2D eigenvalue weighted by Crippen LogP contribution is 2.39. The van der Waals surface area contributed by atoms with Crippen LogP contribution in [0.1, 0.15) is 24.8 Å². The van der Waals surface area contributed by atoms with E-state index in [0.717, 1.165) is 24.8 Å². The highest BCUT2D eigenvalue weighted by molar-refractivity contribution is 6.30. The van der Waals surface area contributed by atoms with Crippen LogP contribution in [-0.2, 0) is 11.2 Å². The first-order valence-electron chi connectivity index (χ1n) is 6.27. The smallest absolute Gasteiger partial charge is 0.141 e. The predicted molar refractivity (Wildman–Crippen MR) is 71.6 cm³/mol. The number of benzene rings is 1. The van der Waals surface area contributed by atoms with E-state index >= 15 is 0 Å². The molecule has 0 aliphatic heterocycles. The Morgan fingerprint density at radius 2 is 2.22 bits per heavy atom.